The van der Waals surface area contributed by atoms with Gasteiger partial charge in [-0.05, 0) is 31.9 Å². The molecule has 112 valence electrons. The molecule has 5 heteroatoms. The van der Waals surface area contributed by atoms with Crippen LogP contribution in [-0.2, 0) is 4.79 Å². The second kappa shape index (κ2) is 7.24. The second-order valence-electron chi connectivity index (χ2n) is 5.25. The number of rotatable bonds is 6. The van der Waals surface area contributed by atoms with Crippen molar-refractivity contribution in [3.63, 3.8) is 0 Å². The molecule has 1 amide bonds. The Morgan fingerprint density at radius 3 is 2.55 bits per heavy atom. The van der Waals surface area contributed by atoms with E-state index < -0.39 is 11.9 Å². The van der Waals surface area contributed by atoms with E-state index in [-0.39, 0.29) is 24.3 Å². The highest BCUT2D eigenvalue weighted by molar-refractivity contribution is 5.77. The van der Waals surface area contributed by atoms with Crippen LogP contribution in [0.3, 0.4) is 0 Å². The van der Waals surface area contributed by atoms with Gasteiger partial charge in [-0.2, -0.15) is 0 Å². The fourth-order valence-electron chi connectivity index (χ4n) is 1.58. The minimum absolute atomic E-state index is 0.0369. The highest BCUT2D eigenvalue weighted by Gasteiger charge is 2.14. The predicted octanol–water partition coefficient (Wildman–Crippen LogP) is 2.42. The Morgan fingerprint density at radius 2 is 2.00 bits per heavy atom. The summed E-state index contributed by atoms with van der Waals surface area (Å²) in [6, 6.07) is 3.90. The summed E-state index contributed by atoms with van der Waals surface area (Å²) in [5, 5.41) is 12.4. The van der Waals surface area contributed by atoms with Crippen molar-refractivity contribution < 1.29 is 19.0 Å². The molecule has 0 aliphatic heterocycles. The number of carbonyl (C=O) groups excluding carboxylic acids is 1. The third-order valence-corrected chi connectivity index (χ3v) is 3.17. The number of hydrogen-bond acceptors (Lipinski definition) is 3. The number of benzene rings is 1. The SMILES string of the molecule is CC(C)C(C)NC(=O)COc1cc(F)ccc1[C@@H](C)O. The molecule has 0 saturated carbocycles. The Labute approximate surface area is 119 Å². The van der Waals surface area contributed by atoms with Crippen LogP contribution in [0.25, 0.3) is 0 Å². The molecule has 2 atom stereocenters. The highest BCUT2D eigenvalue weighted by Crippen LogP contribution is 2.25. The molecule has 1 aromatic rings. The lowest BCUT2D eigenvalue weighted by Gasteiger charge is -2.18. The van der Waals surface area contributed by atoms with Crippen molar-refractivity contribution in [2.24, 2.45) is 5.92 Å². The minimum atomic E-state index is -0.789. The van der Waals surface area contributed by atoms with Crippen LogP contribution in [0.2, 0.25) is 0 Å². The Balaban J connectivity index is 2.65. The first-order valence-electron chi connectivity index (χ1n) is 6.71. The monoisotopic (exact) mass is 283 g/mol. The average molecular weight is 283 g/mol. The predicted molar refractivity (Wildman–Crippen MR) is 75.0 cm³/mol. The summed E-state index contributed by atoms with van der Waals surface area (Å²) in [5.41, 5.74) is 0.455. The average Bonchev–Trinajstić information content (AvgIpc) is 2.35. The Hall–Kier alpha value is -1.62. The molecule has 4 nitrogen and oxygen atoms in total. The molecule has 0 radical (unpaired) electrons. The number of ether oxygens (including phenoxy) is 1. The first kappa shape index (κ1) is 16.4. The lowest BCUT2D eigenvalue weighted by atomic mass is 10.1. The van der Waals surface area contributed by atoms with Crippen molar-refractivity contribution in [3.8, 4) is 5.75 Å². The third-order valence-electron chi connectivity index (χ3n) is 3.17. The van der Waals surface area contributed by atoms with Gasteiger partial charge in [-0.25, -0.2) is 4.39 Å². The van der Waals surface area contributed by atoms with Gasteiger partial charge in [0, 0.05) is 17.7 Å². The van der Waals surface area contributed by atoms with Crippen LogP contribution in [-0.4, -0.2) is 23.7 Å². The fourth-order valence-corrected chi connectivity index (χ4v) is 1.58. The summed E-state index contributed by atoms with van der Waals surface area (Å²) in [6.07, 6.45) is -0.789. The van der Waals surface area contributed by atoms with Gasteiger partial charge in [0.15, 0.2) is 6.61 Å². The number of nitrogens with one attached hydrogen (secondary N) is 1. The lowest BCUT2D eigenvalue weighted by Crippen LogP contribution is -2.39. The van der Waals surface area contributed by atoms with Gasteiger partial charge in [0.05, 0.1) is 6.10 Å². The maximum absolute atomic E-state index is 13.2. The van der Waals surface area contributed by atoms with Crippen LogP contribution in [0.4, 0.5) is 4.39 Å². The number of hydrogen-bond donors (Lipinski definition) is 2. The zero-order valence-electron chi connectivity index (χ0n) is 12.3. The molecule has 0 aliphatic carbocycles. The summed E-state index contributed by atoms with van der Waals surface area (Å²) >= 11 is 0. The first-order chi connectivity index (χ1) is 9.31. The molecule has 1 aromatic carbocycles. The molecular formula is C15H22FNO3. The van der Waals surface area contributed by atoms with Gasteiger partial charge in [-0.15, -0.1) is 0 Å². The van der Waals surface area contributed by atoms with Crippen molar-refractivity contribution in [3.05, 3.63) is 29.6 Å². The van der Waals surface area contributed by atoms with Crippen LogP contribution in [0.1, 0.15) is 39.4 Å². The third kappa shape index (κ3) is 4.81. The van der Waals surface area contributed by atoms with Crippen molar-refractivity contribution >= 4 is 5.91 Å². The molecule has 0 spiro atoms. The molecule has 0 bridgehead atoms. The van der Waals surface area contributed by atoms with E-state index in [2.05, 4.69) is 5.32 Å². The van der Waals surface area contributed by atoms with Gasteiger partial charge in [0.2, 0.25) is 0 Å². The molecule has 0 aliphatic rings. The van der Waals surface area contributed by atoms with E-state index in [1.165, 1.54) is 18.2 Å². The standard InChI is InChI=1S/C15H22FNO3/c1-9(2)10(3)17-15(19)8-20-14-7-12(16)5-6-13(14)11(4)18/h5-7,9-11,18H,8H2,1-4H3,(H,17,19)/t10?,11-/m1/s1. The van der Waals surface area contributed by atoms with Crippen LogP contribution in [0, 0.1) is 11.7 Å². The minimum Gasteiger partial charge on any atom is -0.483 e. The van der Waals surface area contributed by atoms with Crippen LogP contribution < -0.4 is 10.1 Å². The topological polar surface area (TPSA) is 58.6 Å². The highest BCUT2D eigenvalue weighted by atomic mass is 19.1. The Morgan fingerprint density at radius 1 is 1.35 bits per heavy atom. The molecule has 2 N–H and O–H groups in total. The van der Waals surface area contributed by atoms with E-state index in [4.69, 9.17) is 4.74 Å². The lowest BCUT2D eigenvalue weighted by molar-refractivity contribution is -0.124. The molecule has 0 heterocycles. The zero-order chi connectivity index (χ0) is 15.3. The van der Waals surface area contributed by atoms with Gasteiger partial charge >= 0.3 is 0 Å². The smallest absolute Gasteiger partial charge is 0.258 e. The fraction of sp³-hybridized carbons (Fsp3) is 0.533. The van der Waals surface area contributed by atoms with E-state index in [1.807, 2.05) is 20.8 Å². The number of aliphatic hydroxyl groups is 1. The van der Waals surface area contributed by atoms with Gasteiger partial charge < -0.3 is 15.2 Å². The number of halogens is 1. The zero-order valence-corrected chi connectivity index (χ0v) is 12.3. The van der Waals surface area contributed by atoms with Crippen molar-refractivity contribution in [2.45, 2.75) is 39.8 Å². The van der Waals surface area contributed by atoms with Gasteiger partial charge in [0.1, 0.15) is 11.6 Å². The van der Waals surface area contributed by atoms with E-state index in [1.54, 1.807) is 6.92 Å². The summed E-state index contributed by atoms with van der Waals surface area (Å²) in [4.78, 5) is 11.7. The number of amides is 1. The van der Waals surface area contributed by atoms with E-state index >= 15 is 0 Å². The molecule has 0 aromatic heterocycles. The largest absolute Gasteiger partial charge is 0.483 e. The normalized spacial score (nSPS) is 13.9. The molecule has 20 heavy (non-hydrogen) atoms. The second-order valence-corrected chi connectivity index (χ2v) is 5.25. The van der Waals surface area contributed by atoms with Crippen molar-refractivity contribution in [2.75, 3.05) is 6.61 Å². The quantitative estimate of drug-likeness (QED) is 0.843. The maximum Gasteiger partial charge on any atom is 0.258 e. The van der Waals surface area contributed by atoms with E-state index in [9.17, 15) is 14.3 Å². The number of aliphatic hydroxyl groups excluding tert-OH is 1. The van der Waals surface area contributed by atoms with E-state index in [0.717, 1.165) is 0 Å². The Bertz CT molecular complexity index is 460. The molecule has 0 saturated heterocycles. The summed E-state index contributed by atoms with van der Waals surface area (Å²) < 4.78 is 18.5. The summed E-state index contributed by atoms with van der Waals surface area (Å²) in [7, 11) is 0. The van der Waals surface area contributed by atoms with E-state index in [0.29, 0.717) is 11.5 Å². The molecule has 1 rings (SSSR count). The maximum atomic E-state index is 13.2. The van der Waals surface area contributed by atoms with Gasteiger partial charge in [-0.1, -0.05) is 13.8 Å². The molecule has 1 unspecified atom stereocenters. The van der Waals surface area contributed by atoms with Gasteiger partial charge in [0.25, 0.3) is 5.91 Å². The van der Waals surface area contributed by atoms with Crippen LogP contribution in [0.5, 0.6) is 5.75 Å². The molecule has 0 fully saturated rings. The van der Waals surface area contributed by atoms with Crippen LogP contribution in [0.15, 0.2) is 18.2 Å². The van der Waals surface area contributed by atoms with Gasteiger partial charge in [-0.3, -0.25) is 4.79 Å². The van der Waals surface area contributed by atoms with Crippen LogP contribution >= 0.6 is 0 Å². The molecular weight excluding hydrogens is 261 g/mol. The van der Waals surface area contributed by atoms with Crippen molar-refractivity contribution in [1.29, 1.82) is 0 Å². The Kier molecular flexibility index (Phi) is 5.95. The summed E-state index contributed by atoms with van der Waals surface area (Å²) in [6.45, 7) is 7.26. The number of carbonyl (C=O) groups is 1. The first-order valence-corrected chi connectivity index (χ1v) is 6.71. The van der Waals surface area contributed by atoms with Crippen molar-refractivity contribution in [1.82, 2.24) is 5.32 Å². The summed E-state index contributed by atoms with van der Waals surface area (Å²) in [5.74, 6) is -0.235.